The first-order valence-corrected chi connectivity index (χ1v) is 13.8. The molecule has 2 aromatic rings. The third-order valence-corrected chi connectivity index (χ3v) is 7.49. The summed E-state index contributed by atoms with van der Waals surface area (Å²) < 4.78 is 1.45. The van der Waals surface area contributed by atoms with Crippen molar-refractivity contribution in [3.63, 3.8) is 0 Å². The average Bonchev–Trinajstić information content (AvgIpc) is 2.90. The number of hydrogen-bond acceptors (Lipinski definition) is 7. The minimum absolute atomic E-state index is 0. The lowest BCUT2D eigenvalue weighted by atomic mass is 9.91. The molecule has 2 heterocycles. The third kappa shape index (κ3) is 8.26. The summed E-state index contributed by atoms with van der Waals surface area (Å²) >= 11 is 0. The minimum Gasteiger partial charge on any atom is -0.338 e. The molecule has 1 aromatic carbocycles. The van der Waals surface area contributed by atoms with Crippen molar-refractivity contribution in [3.8, 4) is 5.69 Å². The summed E-state index contributed by atoms with van der Waals surface area (Å²) in [6.45, 7) is 7.10. The van der Waals surface area contributed by atoms with Crippen molar-refractivity contribution in [1.82, 2.24) is 24.7 Å². The minimum atomic E-state index is -0.946. The van der Waals surface area contributed by atoms with Crippen molar-refractivity contribution in [3.05, 3.63) is 52.6 Å². The fraction of sp³-hybridized carbons (Fsp3) is 0.571. The molecular weight excluding hydrogens is 532 g/mol. The highest BCUT2D eigenvalue weighted by Gasteiger charge is 2.31. The first-order valence-electron chi connectivity index (χ1n) is 13.8. The molecule has 2 fully saturated rings. The van der Waals surface area contributed by atoms with Gasteiger partial charge in [0.15, 0.2) is 0 Å². The third-order valence-electron chi connectivity index (χ3n) is 7.49. The number of aromatic nitrogens is 2. The number of carbonyl (C=O) groups is 2. The zero-order valence-electron chi connectivity index (χ0n) is 23.6. The highest BCUT2D eigenvalue weighted by molar-refractivity contribution is 5.89. The number of nitrogens with zero attached hydrogens (tertiary/aromatic N) is 4. The number of amides is 3. The molecule has 1 aliphatic heterocycles. The molecule has 12 heteroatoms. The molecule has 40 heavy (non-hydrogen) atoms. The molecule has 3 amide bonds. The summed E-state index contributed by atoms with van der Waals surface area (Å²) in [7, 11) is 0. The van der Waals surface area contributed by atoms with Crippen LogP contribution in [0.2, 0.25) is 0 Å². The molecule has 220 valence electrons. The Hall–Kier alpha value is -2.99. The SMILES string of the molecule is CC(Cc1ccc(-n2ccc(NC(=O)N3CCN(C(=O)C(C)(C)N)CC3)nc2=O)cc1)N[C@H]1CC[C@@H](N)CC1.Cl. The number of piperazine rings is 1. The second-order valence-corrected chi connectivity index (χ2v) is 11.4. The summed E-state index contributed by atoms with van der Waals surface area (Å²) in [5, 5.41) is 6.41. The number of hydrogen-bond donors (Lipinski definition) is 4. The number of nitrogens with two attached hydrogens (primary N) is 2. The van der Waals surface area contributed by atoms with Gasteiger partial charge in [-0.2, -0.15) is 4.98 Å². The van der Waals surface area contributed by atoms with Gasteiger partial charge in [-0.05, 0) is 76.6 Å². The largest absolute Gasteiger partial charge is 0.354 e. The van der Waals surface area contributed by atoms with Crippen molar-refractivity contribution < 1.29 is 9.59 Å². The fourth-order valence-electron chi connectivity index (χ4n) is 5.27. The van der Waals surface area contributed by atoms with Gasteiger partial charge in [-0.15, -0.1) is 12.4 Å². The molecule has 1 unspecified atom stereocenters. The van der Waals surface area contributed by atoms with Gasteiger partial charge in [0.1, 0.15) is 5.82 Å². The van der Waals surface area contributed by atoms with E-state index in [2.05, 4.69) is 22.5 Å². The number of urea groups is 1. The van der Waals surface area contributed by atoms with Crippen LogP contribution in [0.3, 0.4) is 0 Å². The molecule has 4 rings (SSSR count). The molecule has 6 N–H and O–H groups in total. The van der Waals surface area contributed by atoms with Gasteiger partial charge < -0.3 is 26.6 Å². The lowest BCUT2D eigenvalue weighted by Crippen LogP contribution is -2.58. The van der Waals surface area contributed by atoms with Crippen LogP contribution in [0.1, 0.15) is 52.0 Å². The predicted molar refractivity (Wildman–Crippen MR) is 159 cm³/mol. The Balaban J connectivity index is 0.00000441. The van der Waals surface area contributed by atoms with Crippen LogP contribution in [0, 0.1) is 0 Å². The van der Waals surface area contributed by atoms with E-state index < -0.39 is 11.2 Å². The van der Waals surface area contributed by atoms with Crippen LogP contribution in [0.5, 0.6) is 0 Å². The monoisotopic (exact) mass is 574 g/mol. The first kappa shape index (κ1) is 31.5. The van der Waals surface area contributed by atoms with Crippen molar-refractivity contribution in [1.29, 1.82) is 0 Å². The van der Waals surface area contributed by atoms with E-state index in [1.807, 2.05) is 24.3 Å². The fourth-order valence-corrected chi connectivity index (χ4v) is 5.27. The normalized spacial score (nSPS) is 20.4. The first-order chi connectivity index (χ1) is 18.5. The predicted octanol–water partition coefficient (Wildman–Crippen LogP) is 1.86. The topological polar surface area (TPSA) is 152 Å². The van der Waals surface area contributed by atoms with Gasteiger partial charge in [0.05, 0.1) is 11.2 Å². The molecule has 0 spiro atoms. The number of anilines is 1. The summed E-state index contributed by atoms with van der Waals surface area (Å²) in [5.74, 6) is 0.0418. The van der Waals surface area contributed by atoms with Crippen molar-refractivity contribution in [2.75, 3.05) is 31.5 Å². The second kappa shape index (κ2) is 13.6. The van der Waals surface area contributed by atoms with Gasteiger partial charge >= 0.3 is 11.7 Å². The van der Waals surface area contributed by atoms with E-state index in [1.54, 1.807) is 35.9 Å². The Kier molecular flexibility index (Phi) is 10.7. The van der Waals surface area contributed by atoms with Gasteiger partial charge in [-0.25, -0.2) is 9.59 Å². The Morgan fingerprint density at radius 3 is 2.20 bits per heavy atom. The molecule has 0 radical (unpaired) electrons. The Labute approximate surface area is 242 Å². The number of carbonyl (C=O) groups excluding carboxylic acids is 2. The summed E-state index contributed by atoms with van der Waals surface area (Å²) in [4.78, 5) is 45.1. The Morgan fingerprint density at radius 2 is 1.62 bits per heavy atom. The van der Waals surface area contributed by atoms with Crippen molar-refractivity contribution in [2.45, 2.75) is 76.5 Å². The zero-order chi connectivity index (χ0) is 28.2. The van der Waals surface area contributed by atoms with E-state index in [0.717, 1.165) is 32.1 Å². The van der Waals surface area contributed by atoms with E-state index in [9.17, 15) is 14.4 Å². The van der Waals surface area contributed by atoms with E-state index in [1.165, 1.54) is 10.1 Å². The molecule has 1 atom stereocenters. The van der Waals surface area contributed by atoms with Crippen molar-refractivity contribution in [2.24, 2.45) is 11.5 Å². The van der Waals surface area contributed by atoms with Gasteiger partial charge in [0.25, 0.3) is 0 Å². The Bertz CT molecular complexity index is 1200. The zero-order valence-corrected chi connectivity index (χ0v) is 24.5. The molecule has 1 aromatic heterocycles. The Morgan fingerprint density at radius 1 is 1.02 bits per heavy atom. The van der Waals surface area contributed by atoms with Gasteiger partial charge in [0.2, 0.25) is 5.91 Å². The van der Waals surface area contributed by atoms with E-state index in [0.29, 0.717) is 50.0 Å². The van der Waals surface area contributed by atoms with Gasteiger partial charge in [-0.3, -0.25) is 14.7 Å². The van der Waals surface area contributed by atoms with Crippen LogP contribution in [0.25, 0.3) is 5.69 Å². The second-order valence-electron chi connectivity index (χ2n) is 11.4. The van der Waals surface area contributed by atoms with Crippen molar-refractivity contribution >= 4 is 30.2 Å². The standard InChI is InChI=1S/C28H42N8O3.ClH/c1-19(31-22-8-6-21(29)7-9-22)18-20-4-10-23(11-5-20)36-13-12-24(33-27(36)39)32-26(38)35-16-14-34(15-17-35)25(37)28(2,3)30;/h4-5,10-13,19,21-22,31H,6-9,14-18,29-30H2,1-3H3,(H,32,33,38,39);1H/t19?,21-,22+;. The van der Waals surface area contributed by atoms with E-state index in [4.69, 9.17) is 11.5 Å². The lowest BCUT2D eigenvalue weighted by molar-refractivity contribution is -0.137. The average molecular weight is 575 g/mol. The number of benzene rings is 1. The van der Waals surface area contributed by atoms with Crippen LogP contribution in [-0.2, 0) is 11.2 Å². The van der Waals surface area contributed by atoms with E-state index in [-0.39, 0.29) is 30.2 Å². The van der Waals surface area contributed by atoms with E-state index >= 15 is 0 Å². The number of nitrogens with one attached hydrogen (secondary N) is 2. The highest BCUT2D eigenvalue weighted by Crippen LogP contribution is 2.18. The summed E-state index contributed by atoms with van der Waals surface area (Å²) in [6, 6.07) is 10.3. The van der Waals surface area contributed by atoms with Crippen LogP contribution in [-0.4, -0.2) is 81.1 Å². The van der Waals surface area contributed by atoms with Crippen LogP contribution in [0.15, 0.2) is 41.3 Å². The maximum atomic E-state index is 12.7. The molecule has 1 saturated heterocycles. The summed E-state index contributed by atoms with van der Waals surface area (Å²) in [6.07, 6.45) is 6.92. The van der Waals surface area contributed by atoms with Crippen LogP contribution in [0.4, 0.5) is 10.6 Å². The van der Waals surface area contributed by atoms with Crippen LogP contribution >= 0.6 is 12.4 Å². The lowest BCUT2D eigenvalue weighted by Gasteiger charge is -2.37. The maximum Gasteiger partial charge on any atom is 0.354 e. The molecule has 1 saturated carbocycles. The quantitative estimate of drug-likeness (QED) is 0.394. The molecule has 11 nitrogen and oxygen atoms in total. The summed E-state index contributed by atoms with van der Waals surface area (Å²) in [5.41, 5.74) is 12.4. The molecule has 0 bridgehead atoms. The smallest absolute Gasteiger partial charge is 0.338 e. The van der Waals surface area contributed by atoms with Gasteiger partial charge in [-0.1, -0.05) is 12.1 Å². The number of halogens is 1. The van der Waals surface area contributed by atoms with Crippen LogP contribution < -0.4 is 27.8 Å². The highest BCUT2D eigenvalue weighted by atomic mass is 35.5. The molecular formula is C28H43ClN8O3. The molecule has 1 aliphatic carbocycles. The van der Waals surface area contributed by atoms with Gasteiger partial charge in [0, 0.05) is 50.5 Å². The maximum absolute atomic E-state index is 12.7. The number of rotatable bonds is 7. The molecule has 2 aliphatic rings.